The average molecular weight is 496 g/mol. The second-order valence-corrected chi connectivity index (χ2v) is 11.2. The zero-order valence-electron chi connectivity index (χ0n) is 18.2. The Morgan fingerprint density at radius 3 is 2.28 bits per heavy atom. The highest BCUT2D eigenvalue weighted by molar-refractivity contribution is 7.98. The first kappa shape index (κ1) is 24.6. The van der Waals surface area contributed by atoms with E-state index in [1.165, 1.54) is 4.90 Å². The molecule has 1 heterocycles. The lowest BCUT2D eigenvalue weighted by molar-refractivity contribution is -0.153. The Labute approximate surface area is 198 Å². The molecule has 0 saturated carbocycles. The Bertz CT molecular complexity index is 1090. The number of hydrogen-bond donors (Lipinski definition) is 1. The van der Waals surface area contributed by atoms with Crippen LogP contribution in [0.2, 0.25) is 5.02 Å². The molecule has 0 aromatic heterocycles. The van der Waals surface area contributed by atoms with Crippen LogP contribution in [0.3, 0.4) is 0 Å². The Morgan fingerprint density at radius 1 is 1.12 bits per heavy atom. The molecule has 7 nitrogen and oxygen atoms in total. The Hall–Kier alpha value is -2.07. The molecule has 1 aliphatic heterocycles. The number of rotatable bonds is 7. The van der Waals surface area contributed by atoms with Crippen molar-refractivity contribution in [3.63, 3.8) is 0 Å². The third-order valence-electron chi connectivity index (χ3n) is 5.52. The highest BCUT2D eigenvalue weighted by Crippen LogP contribution is 2.27. The van der Waals surface area contributed by atoms with Gasteiger partial charge in [0.15, 0.2) is 0 Å². The van der Waals surface area contributed by atoms with E-state index in [0.29, 0.717) is 5.02 Å². The molecule has 2 amide bonds. The van der Waals surface area contributed by atoms with Crippen molar-refractivity contribution in [2.75, 3.05) is 25.6 Å². The number of nitrogens with one attached hydrogen (secondary N) is 1. The summed E-state index contributed by atoms with van der Waals surface area (Å²) in [4.78, 5) is 28.9. The van der Waals surface area contributed by atoms with Gasteiger partial charge in [-0.05, 0) is 48.6 Å². The molecule has 3 rings (SSSR count). The molecule has 1 aliphatic rings. The topological polar surface area (TPSA) is 86.8 Å². The van der Waals surface area contributed by atoms with Gasteiger partial charge in [0.05, 0.1) is 12.8 Å². The van der Waals surface area contributed by atoms with Crippen LogP contribution in [0.25, 0.3) is 0 Å². The number of hydrogen-bond acceptors (Lipinski definition) is 5. The molecule has 1 saturated heterocycles. The van der Waals surface area contributed by atoms with Crippen LogP contribution in [-0.2, 0) is 32.7 Å². The zero-order chi connectivity index (χ0) is 23.5. The molecular weight excluding hydrogens is 470 g/mol. The molecule has 32 heavy (non-hydrogen) atoms. The molecule has 2 aromatic carbocycles. The molecule has 1 unspecified atom stereocenters. The lowest BCUT2D eigenvalue weighted by Crippen LogP contribution is -2.69. The lowest BCUT2D eigenvalue weighted by atomic mass is 9.94. The monoisotopic (exact) mass is 495 g/mol. The van der Waals surface area contributed by atoms with E-state index in [2.05, 4.69) is 5.32 Å². The summed E-state index contributed by atoms with van der Waals surface area (Å²) in [6, 6.07) is 14.8. The number of amides is 2. The largest absolute Gasteiger partial charge is 0.350 e. The van der Waals surface area contributed by atoms with Gasteiger partial charge in [-0.1, -0.05) is 35.9 Å². The number of carbonyl (C=O) groups excluding carboxylic acids is 2. The van der Waals surface area contributed by atoms with Gasteiger partial charge in [-0.25, -0.2) is 8.42 Å². The molecule has 1 fully saturated rings. The maximum absolute atomic E-state index is 13.3. The number of benzene rings is 2. The molecule has 0 bridgehead atoms. The van der Waals surface area contributed by atoms with Crippen LogP contribution < -0.4 is 5.32 Å². The summed E-state index contributed by atoms with van der Waals surface area (Å²) in [5.41, 5.74) is 0.330. The van der Waals surface area contributed by atoms with Gasteiger partial charge in [-0.2, -0.15) is 4.31 Å². The third-order valence-corrected chi connectivity index (χ3v) is 7.71. The van der Waals surface area contributed by atoms with Crippen molar-refractivity contribution in [1.82, 2.24) is 14.5 Å². The fourth-order valence-electron chi connectivity index (χ4n) is 3.58. The van der Waals surface area contributed by atoms with Gasteiger partial charge in [0.25, 0.3) is 0 Å². The molecule has 0 aliphatic carbocycles. The van der Waals surface area contributed by atoms with Crippen LogP contribution in [0.1, 0.15) is 18.1 Å². The fourth-order valence-corrected chi connectivity index (χ4v) is 4.94. The minimum Gasteiger partial charge on any atom is -0.350 e. The standard InChI is InChI=1S/C22H26ClN3O4S2/c1-22(21(28)24-12-16-4-8-18(23)9-5-16)15-25(32(3,29)30)14-20(27)26(22)13-17-6-10-19(31-2)11-7-17/h4-11H,12-15H2,1-3H3,(H,24,28). The van der Waals surface area contributed by atoms with E-state index in [-0.39, 0.29) is 26.2 Å². The van der Waals surface area contributed by atoms with E-state index in [9.17, 15) is 18.0 Å². The molecule has 172 valence electrons. The summed E-state index contributed by atoms with van der Waals surface area (Å²) in [5.74, 6) is -0.838. The minimum absolute atomic E-state index is 0.118. The van der Waals surface area contributed by atoms with Crippen LogP contribution in [0.15, 0.2) is 53.4 Å². The molecule has 1 N–H and O–H groups in total. The predicted octanol–water partition coefficient (Wildman–Crippen LogP) is 2.74. The van der Waals surface area contributed by atoms with Crippen molar-refractivity contribution in [2.45, 2.75) is 30.4 Å². The SMILES string of the molecule is CSc1ccc(CN2C(=O)CN(S(C)(=O)=O)CC2(C)C(=O)NCc2ccc(Cl)cc2)cc1. The summed E-state index contributed by atoms with van der Waals surface area (Å²) >= 11 is 7.52. The van der Waals surface area contributed by atoms with Gasteiger partial charge < -0.3 is 10.2 Å². The van der Waals surface area contributed by atoms with Gasteiger partial charge in [0, 0.05) is 29.6 Å². The minimum atomic E-state index is -3.65. The Balaban J connectivity index is 1.86. The summed E-state index contributed by atoms with van der Waals surface area (Å²) in [6.45, 7) is 1.63. The summed E-state index contributed by atoms with van der Waals surface area (Å²) in [6.07, 6.45) is 3.02. The number of thioether (sulfide) groups is 1. The van der Waals surface area contributed by atoms with E-state index >= 15 is 0 Å². The van der Waals surface area contributed by atoms with Crippen molar-refractivity contribution in [1.29, 1.82) is 0 Å². The number of carbonyl (C=O) groups is 2. The molecular formula is C22H26ClN3O4S2. The molecule has 0 radical (unpaired) electrons. The van der Waals surface area contributed by atoms with Crippen LogP contribution in [0.4, 0.5) is 0 Å². The predicted molar refractivity (Wildman–Crippen MR) is 127 cm³/mol. The second kappa shape index (κ2) is 9.82. The highest BCUT2D eigenvalue weighted by Gasteiger charge is 2.49. The van der Waals surface area contributed by atoms with Gasteiger partial charge in [-0.3, -0.25) is 9.59 Å². The number of sulfonamides is 1. The van der Waals surface area contributed by atoms with E-state index < -0.39 is 27.4 Å². The second-order valence-electron chi connectivity index (χ2n) is 7.94. The van der Waals surface area contributed by atoms with E-state index in [1.54, 1.807) is 43.0 Å². The zero-order valence-corrected chi connectivity index (χ0v) is 20.6. The van der Waals surface area contributed by atoms with E-state index in [4.69, 9.17) is 11.6 Å². The maximum atomic E-state index is 13.3. The van der Waals surface area contributed by atoms with Gasteiger partial charge >= 0.3 is 0 Å². The van der Waals surface area contributed by atoms with Crippen LogP contribution >= 0.6 is 23.4 Å². The smallest absolute Gasteiger partial charge is 0.247 e. The normalized spacial score (nSPS) is 19.8. The van der Waals surface area contributed by atoms with Crippen molar-refractivity contribution in [3.05, 3.63) is 64.7 Å². The van der Waals surface area contributed by atoms with Gasteiger partial charge in [0.2, 0.25) is 21.8 Å². The fraction of sp³-hybridized carbons (Fsp3) is 0.364. The van der Waals surface area contributed by atoms with Crippen molar-refractivity contribution >= 4 is 45.2 Å². The summed E-state index contributed by atoms with van der Waals surface area (Å²) in [5, 5.41) is 3.44. The molecule has 10 heteroatoms. The summed E-state index contributed by atoms with van der Waals surface area (Å²) in [7, 11) is -3.65. The highest BCUT2D eigenvalue weighted by atomic mass is 35.5. The molecule has 1 atom stereocenters. The molecule has 2 aromatic rings. The third kappa shape index (κ3) is 5.64. The first-order valence-corrected chi connectivity index (χ1v) is 13.4. The Kier molecular flexibility index (Phi) is 7.54. The van der Waals surface area contributed by atoms with Crippen molar-refractivity contribution in [3.8, 4) is 0 Å². The van der Waals surface area contributed by atoms with E-state index in [1.807, 2.05) is 30.5 Å². The van der Waals surface area contributed by atoms with Crippen molar-refractivity contribution < 1.29 is 18.0 Å². The lowest BCUT2D eigenvalue weighted by Gasteiger charge is -2.46. The summed E-state index contributed by atoms with van der Waals surface area (Å²) < 4.78 is 25.5. The number of nitrogens with zero attached hydrogens (tertiary/aromatic N) is 2. The van der Waals surface area contributed by atoms with E-state index in [0.717, 1.165) is 26.6 Å². The van der Waals surface area contributed by atoms with Crippen LogP contribution in [0.5, 0.6) is 0 Å². The number of halogens is 1. The average Bonchev–Trinajstić information content (AvgIpc) is 2.75. The number of piperazine rings is 1. The van der Waals surface area contributed by atoms with Gasteiger partial charge in [0.1, 0.15) is 5.54 Å². The maximum Gasteiger partial charge on any atom is 0.247 e. The molecule has 0 spiro atoms. The van der Waals surface area contributed by atoms with Gasteiger partial charge in [-0.15, -0.1) is 11.8 Å². The quantitative estimate of drug-likeness (QED) is 0.597. The van der Waals surface area contributed by atoms with Crippen molar-refractivity contribution in [2.24, 2.45) is 0 Å². The Morgan fingerprint density at radius 2 is 1.72 bits per heavy atom. The first-order chi connectivity index (χ1) is 15.0. The first-order valence-electron chi connectivity index (χ1n) is 9.94. The van der Waals surface area contributed by atoms with Crippen LogP contribution in [0, 0.1) is 0 Å². The van der Waals surface area contributed by atoms with Crippen LogP contribution in [-0.4, -0.2) is 60.6 Å².